The summed E-state index contributed by atoms with van der Waals surface area (Å²) in [5.74, 6) is -0.641. The van der Waals surface area contributed by atoms with E-state index in [-0.39, 0.29) is 25.2 Å². The summed E-state index contributed by atoms with van der Waals surface area (Å²) in [6.45, 7) is 2.83. The van der Waals surface area contributed by atoms with Crippen molar-refractivity contribution in [3.63, 3.8) is 0 Å². The fourth-order valence-corrected chi connectivity index (χ4v) is 3.84. The Balaban J connectivity index is 3.87. The summed E-state index contributed by atoms with van der Waals surface area (Å²) in [7, 11) is -0.490. The maximum atomic E-state index is 12.1. The van der Waals surface area contributed by atoms with E-state index in [0.29, 0.717) is 12.8 Å². The molecule has 7 nitrogen and oxygen atoms in total. The minimum atomic E-state index is -0.732. The lowest BCUT2D eigenvalue weighted by molar-refractivity contribution is -0.160. The molecular weight excluding hydrogens is 441 g/mol. The Morgan fingerprint density at radius 2 is 1.18 bits per heavy atom. The lowest BCUT2D eigenvalue weighted by Crippen LogP contribution is -2.28. The molecule has 194 valence electrons. The van der Waals surface area contributed by atoms with Crippen molar-refractivity contribution in [2.45, 2.75) is 129 Å². The molecule has 0 bridgehead atoms. The van der Waals surface area contributed by atoms with Crippen molar-refractivity contribution in [1.82, 2.24) is 0 Å². The van der Waals surface area contributed by atoms with Crippen LogP contribution in [0.4, 0.5) is 0 Å². The van der Waals surface area contributed by atoms with E-state index < -0.39 is 14.8 Å². The Bertz CT molecular complexity index is 478. The van der Waals surface area contributed by atoms with Gasteiger partial charge in [-0.15, -0.1) is 0 Å². The Morgan fingerprint density at radius 3 is 1.70 bits per heavy atom. The van der Waals surface area contributed by atoms with Crippen LogP contribution in [0, 0.1) is 0 Å². The molecule has 0 aromatic rings. The van der Waals surface area contributed by atoms with E-state index >= 15 is 0 Å². The van der Waals surface area contributed by atoms with E-state index in [2.05, 4.69) is 6.92 Å². The highest BCUT2D eigenvalue weighted by atomic mass is 31.1. The van der Waals surface area contributed by atoms with Crippen LogP contribution in [0.1, 0.15) is 122 Å². The molecule has 0 rings (SSSR count). The van der Waals surface area contributed by atoms with Crippen LogP contribution in [0.25, 0.3) is 0 Å². The van der Waals surface area contributed by atoms with Crippen molar-refractivity contribution in [1.29, 1.82) is 0 Å². The van der Waals surface area contributed by atoms with Crippen LogP contribution in [0.2, 0.25) is 0 Å². The summed E-state index contributed by atoms with van der Waals surface area (Å²) in [5, 5.41) is 0. The molecule has 0 aliphatic carbocycles. The van der Waals surface area contributed by atoms with Gasteiger partial charge in [0.1, 0.15) is 13.2 Å². The summed E-state index contributed by atoms with van der Waals surface area (Å²) in [5.41, 5.74) is 5.48. The van der Waals surface area contributed by atoms with Crippen molar-refractivity contribution in [3.8, 4) is 0 Å². The molecule has 1 atom stereocenters. The third kappa shape index (κ3) is 23.9. The summed E-state index contributed by atoms with van der Waals surface area (Å²) >= 11 is 0. The first kappa shape index (κ1) is 32.0. The number of rotatable bonds is 25. The van der Waals surface area contributed by atoms with Gasteiger partial charge in [0.25, 0.3) is 0 Å². The molecule has 0 heterocycles. The molecule has 0 aliphatic rings. The first-order chi connectivity index (χ1) is 16.1. The van der Waals surface area contributed by atoms with Crippen molar-refractivity contribution in [2.75, 3.05) is 19.8 Å². The zero-order valence-corrected chi connectivity index (χ0v) is 21.8. The number of nitrogens with two attached hydrogens (primary N) is 1. The number of unbranched alkanes of at least 4 members (excludes halogenated alkanes) is 14. The summed E-state index contributed by atoms with van der Waals surface area (Å²) < 4.78 is 26.0. The van der Waals surface area contributed by atoms with Gasteiger partial charge in [-0.25, -0.2) is 4.57 Å². The van der Waals surface area contributed by atoms with Crippen molar-refractivity contribution in [2.24, 2.45) is 5.73 Å². The molecule has 0 aliphatic heterocycles. The zero-order valence-electron chi connectivity index (χ0n) is 20.9. The first-order valence-electron chi connectivity index (χ1n) is 13.1. The molecule has 0 saturated carbocycles. The van der Waals surface area contributed by atoms with Gasteiger partial charge in [0.05, 0.1) is 0 Å². The van der Waals surface area contributed by atoms with Crippen molar-refractivity contribution < 1.29 is 28.2 Å². The van der Waals surface area contributed by atoms with E-state index in [4.69, 9.17) is 19.7 Å². The Kier molecular flexibility index (Phi) is 24.8. The average molecular weight is 490 g/mol. The molecular formula is C25H48NO6P. The molecule has 33 heavy (non-hydrogen) atoms. The topological polar surface area (TPSA) is 105 Å². The summed E-state index contributed by atoms with van der Waals surface area (Å²) in [6.07, 6.45) is 18.0. The quantitative estimate of drug-likeness (QED) is 0.0867. The van der Waals surface area contributed by atoms with E-state index in [1.165, 1.54) is 51.4 Å². The van der Waals surface area contributed by atoms with Crippen LogP contribution in [0.3, 0.4) is 0 Å². The maximum Gasteiger partial charge on any atom is 0.327 e. The second-order valence-electron chi connectivity index (χ2n) is 8.76. The van der Waals surface area contributed by atoms with Crippen LogP contribution in [-0.4, -0.2) is 37.8 Å². The van der Waals surface area contributed by atoms with Crippen LogP contribution in [-0.2, 0) is 28.2 Å². The Hall–Kier alpha value is -1.04. The molecule has 0 saturated heterocycles. The van der Waals surface area contributed by atoms with Gasteiger partial charge in [0, 0.05) is 12.8 Å². The highest BCUT2D eigenvalue weighted by molar-refractivity contribution is 7.17. The number of hydrogen-bond acceptors (Lipinski definition) is 7. The predicted octanol–water partition coefficient (Wildman–Crippen LogP) is 6.67. The molecule has 0 amide bonds. The van der Waals surface area contributed by atoms with Gasteiger partial charge >= 0.3 is 20.6 Å². The van der Waals surface area contributed by atoms with Crippen molar-refractivity contribution in [3.05, 3.63) is 0 Å². The fraction of sp³-hybridized carbons (Fsp3) is 0.920. The van der Waals surface area contributed by atoms with E-state index in [1.54, 1.807) is 0 Å². The minimum Gasteiger partial charge on any atom is -0.462 e. The molecule has 0 unspecified atom stereocenters. The van der Waals surface area contributed by atoms with Gasteiger partial charge in [0.15, 0.2) is 6.10 Å². The molecule has 0 fully saturated rings. The Morgan fingerprint density at radius 1 is 0.697 bits per heavy atom. The lowest BCUT2D eigenvalue weighted by atomic mass is 10.1. The third-order valence-electron chi connectivity index (χ3n) is 5.61. The van der Waals surface area contributed by atoms with Crippen LogP contribution < -0.4 is 5.73 Å². The summed E-state index contributed by atoms with van der Waals surface area (Å²) in [6, 6.07) is 0. The van der Waals surface area contributed by atoms with Gasteiger partial charge < -0.3 is 15.2 Å². The number of carbonyl (C=O) groups is 2. The molecule has 2 N–H and O–H groups in total. The minimum absolute atomic E-state index is 0.0648. The first-order valence-corrected chi connectivity index (χ1v) is 13.9. The second-order valence-corrected chi connectivity index (χ2v) is 9.16. The van der Waals surface area contributed by atoms with Gasteiger partial charge in [0.2, 0.25) is 0 Å². The van der Waals surface area contributed by atoms with Crippen LogP contribution >= 0.6 is 8.69 Å². The molecule has 0 spiro atoms. The number of carbonyl (C=O) groups excluding carboxylic acids is 2. The van der Waals surface area contributed by atoms with Gasteiger partial charge in [-0.3, -0.25) is 14.1 Å². The molecule has 0 aromatic heterocycles. The molecule has 0 aromatic carbocycles. The highest BCUT2D eigenvalue weighted by Crippen LogP contribution is 2.12. The number of esters is 2. The van der Waals surface area contributed by atoms with Gasteiger partial charge in [-0.2, -0.15) is 0 Å². The lowest BCUT2D eigenvalue weighted by Gasteiger charge is -2.16. The monoisotopic (exact) mass is 489 g/mol. The zero-order chi connectivity index (χ0) is 24.4. The average Bonchev–Trinajstić information content (AvgIpc) is 2.81. The molecule has 8 heteroatoms. The van der Waals surface area contributed by atoms with Gasteiger partial charge in [-0.05, 0) is 25.8 Å². The van der Waals surface area contributed by atoms with Crippen LogP contribution in [0.15, 0.2) is 0 Å². The SMILES string of the molecule is CCCCCCCCCCCC(=O)O[C@@H](COP=O)COC(=O)CCCCCCCCCN. The molecule has 0 radical (unpaired) electrons. The Labute approximate surface area is 203 Å². The predicted molar refractivity (Wildman–Crippen MR) is 132 cm³/mol. The smallest absolute Gasteiger partial charge is 0.327 e. The number of ether oxygens (including phenoxy) is 2. The van der Waals surface area contributed by atoms with Crippen molar-refractivity contribution >= 4 is 20.6 Å². The normalized spacial score (nSPS) is 12.1. The van der Waals surface area contributed by atoms with Crippen LogP contribution in [0.5, 0.6) is 0 Å². The largest absolute Gasteiger partial charge is 0.462 e. The fourth-order valence-electron chi connectivity index (χ4n) is 3.61. The third-order valence-corrected chi connectivity index (χ3v) is 5.87. The number of hydrogen-bond donors (Lipinski definition) is 1. The van der Waals surface area contributed by atoms with E-state index in [9.17, 15) is 14.2 Å². The second kappa shape index (κ2) is 25.6. The maximum absolute atomic E-state index is 12.1. The standard InChI is InChI=1S/C25H48NO6P/c1-2-3-4-5-6-7-9-13-16-19-25(28)32-23(22-31-33-29)21-30-24(27)18-15-12-10-8-11-14-17-20-26/h23H,2-22,26H2,1H3/t23-/m1/s1. The van der Waals surface area contributed by atoms with Gasteiger partial charge in [-0.1, -0.05) is 90.4 Å². The highest BCUT2D eigenvalue weighted by Gasteiger charge is 2.17. The van der Waals surface area contributed by atoms with E-state index in [1.807, 2.05) is 0 Å². The van der Waals surface area contributed by atoms with E-state index in [0.717, 1.165) is 57.9 Å². The summed E-state index contributed by atoms with van der Waals surface area (Å²) in [4.78, 5) is 24.1.